The summed E-state index contributed by atoms with van der Waals surface area (Å²) in [5, 5.41) is 9.88. The Kier molecular flexibility index (Phi) is 4.33. The van der Waals surface area contributed by atoms with Crippen molar-refractivity contribution in [1.29, 1.82) is 0 Å². The molecule has 136 valence electrons. The molecule has 7 nitrogen and oxygen atoms in total. The monoisotopic (exact) mass is 379 g/mol. The van der Waals surface area contributed by atoms with Gasteiger partial charge < -0.3 is 9.73 Å². The third kappa shape index (κ3) is 3.52. The number of carbonyl (C=O) groups excluding carboxylic acids is 1. The summed E-state index contributed by atoms with van der Waals surface area (Å²) in [7, 11) is 0. The number of nitrogens with one attached hydrogen (secondary N) is 2. The van der Waals surface area contributed by atoms with E-state index in [0.717, 1.165) is 16.6 Å². The van der Waals surface area contributed by atoms with Crippen molar-refractivity contribution in [2.24, 2.45) is 0 Å². The van der Waals surface area contributed by atoms with Crippen molar-refractivity contribution in [3.05, 3.63) is 58.7 Å². The number of H-pyrrole nitrogens is 1. The number of nitrogens with zero attached hydrogens (tertiary/aromatic N) is 3. The minimum absolute atomic E-state index is 0.0476. The van der Waals surface area contributed by atoms with Crippen molar-refractivity contribution in [3.63, 3.8) is 0 Å². The predicted molar refractivity (Wildman–Crippen MR) is 105 cm³/mol. The number of aromatic nitrogens is 4. The van der Waals surface area contributed by atoms with Crippen molar-refractivity contribution in [2.75, 3.05) is 5.32 Å². The van der Waals surface area contributed by atoms with Gasteiger partial charge in [0.05, 0.1) is 0 Å². The van der Waals surface area contributed by atoms with Gasteiger partial charge in [-0.2, -0.15) is 5.10 Å². The Balaban J connectivity index is 1.56. The number of fused-ring (bicyclic) bond motifs is 1. The van der Waals surface area contributed by atoms with E-state index in [1.807, 2.05) is 37.3 Å². The number of rotatable bonds is 4. The molecule has 27 heavy (non-hydrogen) atoms. The van der Waals surface area contributed by atoms with E-state index >= 15 is 0 Å². The summed E-state index contributed by atoms with van der Waals surface area (Å²) in [5.41, 5.74) is 4.06. The molecule has 0 spiro atoms. The molecule has 2 aromatic carbocycles. The van der Waals surface area contributed by atoms with Crippen LogP contribution in [-0.2, 0) is 11.3 Å². The van der Waals surface area contributed by atoms with Crippen molar-refractivity contribution >= 4 is 34.9 Å². The molecule has 0 aliphatic carbocycles. The van der Waals surface area contributed by atoms with Crippen molar-refractivity contribution in [2.45, 2.75) is 20.4 Å². The minimum Gasteiger partial charge on any atom is -0.441 e. The van der Waals surface area contributed by atoms with Crippen LogP contribution in [0, 0.1) is 18.6 Å². The van der Waals surface area contributed by atoms with Crippen molar-refractivity contribution in [3.8, 4) is 11.4 Å². The van der Waals surface area contributed by atoms with Crippen molar-refractivity contribution in [1.82, 2.24) is 19.7 Å². The number of amides is 1. The van der Waals surface area contributed by atoms with Gasteiger partial charge in [-0.15, -0.1) is 0 Å². The van der Waals surface area contributed by atoms with Gasteiger partial charge in [0, 0.05) is 24.2 Å². The number of carbonyl (C=O) groups is 1. The topological polar surface area (TPSA) is 88.7 Å². The maximum atomic E-state index is 12.5. The van der Waals surface area contributed by atoms with Gasteiger partial charge in [0.15, 0.2) is 22.1 Å². The van der Waals surface area contributed by atoms with E-state index < -0.39 is 0 Å². The van der Waals surface area contributed by atoms with Crippen LogP contribution in [0.3, 0.4) is 0 Å². The number of anilines is 1. The summed E-state index contributed by atoms with van der Waals surface area (Å²) in [6.07, 6.45) is 0. The molecule has 0 atom stereocenters. The van der Waals surface area contributed by atoms with Gasteiger partial charge in [0.2, 0.25) is 5.91 Å². The maximum Gasteiger partial charge on any atom is 0.244 e. The molecule has 0 radical (unpaired) electrons. The van der Waals surface area contributed by atoms with Crippen LogP contribution in [0.15, 0.2) is 46.9 Å². The zero-order valence-corrected chi connectivity index (χ0v) is 15.6. The Morgan fingerprint density at radius 2 is 2.00 bits per heavy atom. The smallest absolute Gasteiger partial charge is 0.244 e. The summed E-state index contributed by atoms with van der Waals surface area (Å²) in [6, 6.07) is 13.2. The first-order valence-electron chi connectivity index (χ1n) is 8.39. The number of aromatic amines is 1. The highest BCUT2D eigenvalue weighted by Crippen LogP contribution is 2.21. The second-order valence-corrected chi connectivity index (χ2v) is 6.65. The number of aryl methyl sites for hydroxylation is 2. The van der Waals surface area contributed by atoms with Crippen LogP contribution in [0.1, 0.15) is 11.5 Å². The second-order valence-electron chi connectivity index (χ2n) is 6.27. The fourth-order valence-corrected chi connectivity index (χ4v) is 3.05. The van der Waals surface area contributed by atoms with Crippen LogP contribution < -0.4 is 5.32 Å². The molecule has 1 amide bonds. The van der Waals surface area contributed by atoms with Crippen LogP contribution in [0.5, 0.6) is 0 Å². The number of hydrogen-bond acceptors (Lipinski definition) is 5. The highest BCUT2D eigenvalue weighted by atomic mass is 32.1. The van der Waals surface area contributed by atoms with Gasteiger partial charge in [-0.3, -0.25) is 14.5 Å². The highest BCUT2D eigenvalue weighted by molar-refractivity contribution is 7.71. The van der Waals surface area contributed by atoms with Gasteiger partial charge >= 0.3 is 0 Å². The zero-order valence-electron chi connectivity index (χ0n) is 14.8. The lowest BCUT2D eigenvalue weighted by Gasteiger charge is -2.08. The lowest BCUT2D eigenvalue weighted by Crippen LogP contribution is -2.19. The van der Waals surface area contributed by atoms with Crippen LogP contribution >= 0.6 is 12.2 Å². The average molecular weight is 379 g/mol. The molecular weight excluding hydrogens is 362 g/mol. The Morgan fingerprint density at radius 1 is 1.22 bits per heavy atom. The lowest BCUT2D eigenvalue weighted by atomic mass is 10.1. The Labute approximate surface area is 160 Å². The van der Waals surface area contributed by atoms with Crippen LogP contribution in [-0.4, -0.2) is 25.7 Å². The molecule has 0 aliphatic rings. The van der Waals surface area contributed by atoms with E-state index in [1.165, 1.54) is 0 Å². The van der Waals surface area contributed by atoms with Gasteiger partial charge in [-0.1, -0.05) is 29.8 Å². The van der Waals surface area contributed by atoms with E-state index in [0.29, 0.717) is 27.8 Å². The van der Waals surface area contributed by atoms with E-state index in [4.69, 9.17) is 16.6 Å². The quantitative estimate of drug-likeness (QED) is 0.523. The van der Waals surface area contributed by atoms with Gasteiger partial charge in [-0.25, -0.2) is 4.98 Å². The fraction of sp³-hybridized carbons (Fsp3) is 0.158. The molecule has 0 fully saturated rings. The molecule has 4 rings (SSSR count). The standard InChI is InChI=1S/C19H17N5O2S/c1-11-3-5-13(6-4-11)18-22-23-19(27)24(18)10-17(25)21-14-7-8-15-16(9-14)26-12(2)20-15/h3-9H,10H2,1-2H3,(H,21,25)(H,23,27). The third-order valence-corrected chi connectivity index (χ3v) is 4.46. The SMILES string of the molecule is Cc1ccc(-c2n[nH]c(=S)n2CC(=O)Nc2ccc3nc(C)oc3c2)cc1. The zero-order chi connectivity index (χ0) is 19.0. The lowest BCUT2D eigenvalue weighted by molar-refractivity contribution is -0.116. The maximum absolute atomic E-state index is 12.5. The Morgan fingerprint density at radius 3 is 2.78 bits per heavy atom. The molecule has 0 aliphatic heterocycles. The molecule has 0 unspecified atom stereocenters. The molecular formula is C19H17N5O2S. The first-order valence-corrected chi connectivity index (χ1v) is 8.80. The summed E-state index contributed by atoms with van der Waals surface area (Å²) >= 11 is 5.29. The molecule has 0 saturated carbocycles. The largest absolute Gasteiger partial charge is 0.441 e. The van der Waals surface area contributed by atoms with Crippen LogP contribution in [0.4, 0.5) is 5.69 Å². The Hall–Kier alpha value is -3.26. The number of oxazole rings is 1. The minimum atomic E-state index is -0.212. The van der Waals surface area contributed by atoms with Crippen LogP contribution in [0.2, 0.25) is 0 Å². The van der Waals surface area contributed by atoms with Gasteiger partial charge in [-0.05, 0) is 31.3 Å². The number of hydrogen-bond donors (Lipinski definition) is 2. The molecule has 2 aromatic heterocycles. The first kappa shape index (κ1) is 17.2. The summed E-state index contributed by atoms with van der Waals surface area (Å²) in [6.45, 7) is 3.85. The predicted octanol–water partition coefficient (Wildman–Crippen LogP) is 4.00. The van der Waals surface area contributed by atoms with Crippen molar-refractivity contribution < 1.29 is 9.21 Å². The Bertz CT molecular complexity index is 1190. The second kappa shape index (κ2) is 6.81. The van der Waals surface area contributed by atoms with Crippen LogP contribution in [0.25, 0.3) is 22.5 Å². The number of benzene rings is 2. The van der Waals surface area contributed by atoms with E-state index in [2.05, 4.69) is 20.5 Å². The summed E-state index contributed by atoms with van der Waals surface area (Å²) in [4.78, 5) is 16.8. The first-order chi connectivity index (χ1) is 13.0. The molecule has 8 heteroatoms. The van der Waals surface area contributed by atoms with Gasteiger partial charge in [0.1, 0.15) is 12.1 Å². The third-order valence-electron chi connectivity index (χ3n) is 4.15. The van der Waals surface area contributed by atoms with E-state index in [1.54, 1.807) is 23.6 Å². The van der Waals surface area contributed by atoms with E-state index in [9.17, 15) is 4.79 Å². The molecule has 4 aromatic rings. The molecule has 0 bridgehead atoms. The van der Waals surface area contributed by atoms with Gasteiger partial charge in [0.25, 0.3) is 0 Å². The molecule has 0 saturated heterocycles. The molecule has 2 N–H and O–H groups in total. The summed E-state index contributed by atoms with van der Waals surface area (Å²) < 4.78 is 7.57. The normalized spacial score (nSPS) is 11.0. The highest BCUT2D eigenvalue weighted by Gasteiger charge is 2.13. The summed E-state index contributed by atoms with van der Waals surface area (Å²) in [5.74, 6) is 0.994. The molecule has 2 heterocycles. The fourth-order valence-electron chi connectivity index (χ4n) is 2.85. The van der Waals surface area contributed by atoms with E-state index in [-0.39, 0.29) is 12.5 Å². The average Bonchev–Trinajstić information content (AvgIpc) is 3.17.